The van der Waals surface area contributed by atoms with Gasteiger partial charge in [-0.2, -0.15) is 0 Å². The molecule has 28 heavy (non-hydrogen) atoms. The number of hydrogen-bond donors (Lipinski definition) is 1. The van der Waals surface area contributed by atoms with Crippen LogP contribution in [0.1, 0.15) is 45.7 Å². The predicted octanol–water partition coefficient (Wildman–Crippen LogP) is 4.03. The lowest BCUT2D eigenvalue weighted by atomic mass is 9.98. The average molecular weight is 374 g/mol. The number of pyridine rings is 1. The third-order valence-corrected chi connectivity index (χ3v) is 4.06. The highest BCUT2D eigenvalue weighted by molar-refractivity contribution is 6.15. The summed E-state index contributed by atoms with van der Waals surface area (Å²) in [6, 6.07) is 19.4. The Morgan fingerprint density at radius 1 is 0.929 bits per heavy atom. The monoisotopic (exact) mass is 374 g/mol. The summed E-state index contributed by atoms with van der Waals surface area (Å²) in [5, 5.41) is 2.85. The molecule has 0 aliphatic rings. The number of nitrogens with one attached hydrogen (secondary N) is 1. The van der Waals surface area contributed by atoms with Crippen LogP contribution in [-0.4, -0.2) is 22.8 Å². The highest BCUT2D eigenvalue weighted by Gasteiger charge is 2.17. The Morgan fingerprint density at radius 3 is 2.25 bits per heavy atom. The van der Waals surface area contributed by atoms with Gasteiger partial charge in [-0.1, -0.05) is 54.6 Å². The third-order valence-electron chi connectivity index (χ3n) is 4.06. The summed E-state index contributed by atoms with van der Waals surface area (Å²) in [7, 11) is 0. The van der Waals surface area contributed by atoms with Gasteiger partial charge in [-0.25, -0.2) is 4.98 Å². The molecule has 0 bridgehead atoms. The summed E-state index contributed by atoms with van der Waals surface area (Å²) in [6.45, 7) is 4.18. The van der Waals surface area contributed by atoms with Crippen LogP contribution in [0.25, 0.3) is 0 Å². The van der Waals surface area contributed by atoms with Crippen LogP contribution in [0, 0.1) is 0 Å². The SMILES string of the molecule is CC(C)Oc1ccc(CNC(=O)c2ccccc2C(=O)c2ccccc2)cn1. The third kappa shape index (κ3) is 4.82. The first-order valence-corrected chi connectivity index (χ1v) is 9.13. The molecule has 0 fully saturated rings. The summed E-state index contributed by atoms with van der Waals surface area (Å²) in [5.74, 6) is 0.0643. The van der Waals surface area contributed by atoms with Crippen LogP contribution in [0.3, 0.4) is 0 Å². The van der Waals surface area contributed by atoms with E-state index in [1.54, 1.807) is 60.8 Å². The molecule has 2 aromatic carbocycles. The molecule has 1 heterocycles. The summed E-state index contributed by atoms with van der Waals surface area (Å²) in [6.07, 6.45) is 1.72. The number of carbonyl (C=O) groups excluding carboxylic acids is 2. The smallest absolute Gasteiger partial charge is 0.252 e. The Balaban J connectivity index is 1.70. The van der Waals surface area contributed by atoms with Gasteiger partial charge in [0.2, 0.25) is 5.88 Å². The maximum atomic E-state index is 12.8. The first kappa shape index (κ1) is 19.3. The van der Waals surface area contributed by atoms with Gasteiger partial charge in [-0.3, -0.25) is 9.59 Å². The molecule has 0 saturated carbocycles. The lowest BCUT2D eigenvalue weighted by Gasteiger charge is -2.11. The molecule has 1 N–H and O–H groups in total. The molecule has 0 aliphatic carbocycles. The summed E-state index contributed by atoms with van der Waals surface area (Å²) < 4.78 is 5.51. The number of hydrogen-bond acceptors (Lipinski definition) is 4. The van der Waals surface area contributed by atoms with Crippen molar-refractivity contribution >= 4 is 11.7 Å². The zero-order valence-corrected chi connectivity index (χ0v) is 15.9. The molecule has 1 amide bonds. The zero-order chi connectivity index (χ0) is 19.9. The molecule has 1 aromatic heterocycles. The van der Waals surface area contributed by atoms with E-state index in [9.17, 15) is 9.59 Å². The lowest BCUT2D eigenvalue weighted by molar-refractivity contribution is 0.0939. The highest BCUT2D eigenvalue weighted by Crippen LogP contribution is 2.15. The second-order valence-electron chi connectivity index (χ2n) is 6.59. The summed E-state index contributed by atoms with van der Waals surface area (Å²) in [5.41, 5.74) is 2.12. The van der Waals surface area contributed by atoms with Gasteiger partial charge in [0.15, 0.2) is 5.78 Å². The van der Waals surface area contributed by atoms with E-state index in [-0.39, 0.29) is 17.8 Å². The van der Waals surface area contributed by atoms with Crippen molar-refractivity contribution < 1.29 is 14.3 Å². The highest BCUT2D eigenvalue weighted by atomic mass is 16.5. The molecule has 0 aliphatic heterocycles. The molecule has 5 heteroatoms. The molecule has 0 atom stereocenters. The van der Waals surface area contributed by atoms with E-state index in [0.717, 1.165) is 5.56 Å². The average Bonchev–Trinajstić information content (AvgIpc) is 2.72. The first-order valence-electron chi connectivity index (χ1n) is 9.13. The predicted molar refractivity (Wildman–Crippen MR) is 107 cm³/mol. The van der Waals surface area contributed by atoms with Crippen LogP contribution in [0.5, 0.6) is 5.88 Å². The van der Waals surface area contributed by atoms with Gasteiger partial charge in [-0.05, 0) is 25.5 Å². The van der Waals surface area contributed by atoms with Gasteiger partial charge in [0, 0.05) is 29.9 Å². The Kier molecular flexibility index (Phi) is 6.17. The van der Waals surface area contributed by atoms with Crippen LogP contribution < -0.4 is 10.1 Å². The minimum Gasteiger partial charge on any atom is -0.475 e. The number of rotatable bonds is 7. The summed E-state index contributed by atoms with van der Waals surface area (Å²) in [4.78, 5) is 29.7. The fourth-order valence-corrected chi connectivity index (χ4v) is 2.73. The minimum atomic E-state index is -0.303. The standard InChI is InChI=1S/C23H22N2O3/c1-16(2)28-21-13-12-17(14-24-21)15-25-23(27)20-11-7-6-10-19(20)22(26)18-8-4-3-5-9-18/h3-14,16H,15H2,1-2H3,(H,25,27). The van der Waals surface area contributed by atoms with Crippen molar-refractivity contribution in [2.24, 2.45) is 0 Å². The normalized spacial score (nSPS) is 10.5. The Bertz CT molecular complexity index is 951. The topological polar surface area (TPSA) is 68.3 Å². The zero-order valence-electron chi connectivity index (χ0n) is 15.9. The molecular formula is C23H22N2O3. The quantitative estimate of drug-likeness (QED) is 0.634. The van der Waals surface area contributed by atoms with E-state index in [4.69, 9.17) is 4.74 Å². The van der Waals surface area contributed by atoms with Gasteiger partial charge < -0.3 is 10.1 Å². The van der Waals surface area contributed by atoms with Gasteiger partial charge in [0.05, 0.1) is 11.7 Å². The minimum absolute atomic E-state index is 0.0525. The number of aromatic nitrogens is 1. The van der Waals surface area contributed by atoms with Gasteiger partial charge >= 0.3 is 0 Å². The molecule has 5 nitrogen and oxygen atoms in total. The van der Waals surface area contributed by atoms with Crippen LogP contribution in [0.15, 0.2) is 72.9 Å². The number of benzene rings is 2. The number of carbonyl (C=O) groups is 2. The fraction of sp³-hybridized carbons (Fsp3) is 0.174. The Morgan fingerprint density at radius 2 is 1.61 bits per heavy atom. The van der Waals surface area contributed by atoms with Crippen molar-refractivity contribution in [3.63, 3.8) is 0 Å². The van der Waals surface area contributed by atoms with Crippen LogP contribution in [0.4, 0.5) is 0 Å². The molecular weight excluding hydrogens is 352 g/mol. The number of ether oxygens (including phenoxy) is 1. The van der Waals surface area contributed by atoms with Crippen LogP contribution in [-0.2, 0) is 6.54 Å². The van der Waals surface area contributed by atoms with E-state index >= 15 is 0 Å². The largest absolute Gasteiger partial charge is 0.475 e. The van der Waals surface area contributed by atoms with Crippen molar-refractivity contribution in [1.82, 2.24) is 10.3 Å². The van der Waals surface area contributed by atoms with Gasteiger partial charge in [0.25, 0.3) is 5.91 Å². The van der Waals surface area contributed by atoms with E-state index in [1.165, 1.54) is 0 Å². The van der Waals surface area contributed by atoms with E-state index in [0.29, 0.717) is 29.1 Å². The second-order valence-corrected chi connectivity index (χ2v) is 6.59. The lowest BCUT2D eigenvalue weighted by Crippen LogP contribution is -2.25. The number of amides is 1. The maximum Gasteiger partial charge on any atom is 0.252 e. The molecule has 0 spiro atoms. The van der Waals surface area contributed by atoms with E-state index in [1.807, 2.05) is 26.0 Å². The molecule has 0 unspecified atom stereocenters. The molecule has 0 saturated heterocycles. The van der Waals surface area contributed by atoms with Crippen LogP contribution in [0.2, 0.25) is 0 Å². The van der Waals surface area contributed by atoms with E-state index < -0.39 is 0 Å². The molecule has 3 rings (SSSR count). The van der Waals surface area contributed by atoms with Crippen molar-refractivity contribution in [2.45, 2.75) is 26.5 Å². The van der Waals surface area contributed by atoms with Crippen molar-refractivity contribution in [1.29, 1.82) is 0 Å². The maximum absolute atomic E-state index is 12.8. The fourth-order valence-electron chi connectivity index (χ4n) is 2.73. The van der Waals surface area contributed by atoms with E-state index in [2.05, 4.69) is 10.3 Å². The number of nitrogens with zero attached hydrogens (tertiary/aromatic N) is 1. The second kappa shape index (κ2) is 8.95. The van der Waals surface area contributed by atoms with Crippen molar-refractivity contribution in [3.8, 4) is 5.88 Å². The Labute approximate surface area is 164 Å². The van der Waals surface area contributed by atoms with Crippen LogP contribution >= 0.6 is 0 Å². The van der Waals surface area contributed by atoms with Gasteiger partial charge in [0.1, 0.15) is 0 Å². The first-order chi connectivity index (χ1) is 13.5. The molecule has 0 radical (unpaired) electrons. The van der Waals surface area contributed by atoms with Crippen molar-refractivity contribution in [3.05, 3.63) is 95.2 Å². The number of ketones is 1. The molecule has 3 aromatic rings. The van der Waals surface area contributed by atoms with Gasteiger partial charge in [-0.15, -0.1) is 0 Å². The molecule has 142 valence electrons. The Hall–Kier alpha value is -3.47. The van der Waals surface area contributed by atoms with Crippen molar-refractivity contribution in [2.75, 3.05) is 0 Å². The summed E-state index contributed by atoms with van der Waals surface area (Å²) >= 11 is 0.